The van der Waals surface area contributed by atoms with Crippen LogP contribution in [-0.2, 0) is 10.0 Å². The van der Waals surface area contributed by atoms with Crippen molar-refractivity contribution >= 4 is 33.0 Å². The first-order valence-electron chi connectivity index (χ1n) is 5.61. The van der Waals surface area contributed by atoms with Crippen molar-refractivity contribution in [1.82, 2.24) is 0 Å². The highest BCUT2D eigenvalue weighted by molar-refractivity contribution is 7.92. The molecule has 21 heavy (non-hydrogen) atoms. The Balaban J connectivity index is 2.44. The number of nitrogen functional groups attached to an aromatic ring is 1. The van der Waals surface area contributed by atoms with E-state index in [1.807, 2.05) is 0 Å². The maximum absolute atomic E-state index is 13.2. The molecule has 0 spiro atoms. The van der Waals surface area contributed by atoms with Gasteiger partial charge in [-0.1, -0.05) is 11.6 Å². The normalized spacial score (nSPS) is 10.9. The Labute approximate surface area is 125 Å². The molecule has 0 fully saturated rings. The molecule has 0 aromatic heterocycles. The fourth-order valence-corrected chi connectivity index (χ4v) is 2.90. The van der Waals surface area contributed by atoms with Crippen LogP contribution in [0.15, 0.2) is 41.3 Å². The van der Waals surface area contributed by atoms with Crippen molar-refractivity contribution in [3.05, 3.63) is 52.8 Å². The second kappa shape index (κ2) is 5.60. The Morgan fingerprint density at radius 3 is 2.62 bits per heavy atom. The van der Waals surface area contributed by atoms with Gasteiger partial charge in [0.15, 0.2) is 0 Å². The van der Waals surface area contributed by atoms with Gasteiger partial charge in [-0.2, -0.15) is 5.26 Å². The van der Waals surface area contributed by atoms with E-state index in [4.69, 9.17) is 22.6 Å². The third-order valence-electron chi connectivity index (χ3n) is 2.60. The lowest BCUT2D eigenvalue weighted by Crippen LogP contribution is -2.14. The molecular weight excluding hydrogens is 317 g/mol. The highest BCUT2D eigenvalue weighted by Crippen LogP contribution is 2.27. The Morgan fingerprint density at radius 1 is 1.24 bits per heavy atom. The molecule has 3 N–H and O–H groups in total. The Kier molecular flexibility index (Phi) is 4.02. The fraction of sp³-hybridized carbons (Fsp3) is 0. The molecule has 0 atom stereocenters. The van der Waals surface area contributed by atoms with Crippen LogP contribution in [0.5, 0.6) is 0 Å². The number of anilines is 2. The maximum Gasteiger partial charge on any atom is 0.261 e. The molecule has 0 aliphatic rings. The van der Waals surface area contributed by atoms with Gasteiger partial charge in [-0.15, -0.1) is 0 Å². The minimum atomic E-state index is -4.01. The molecule has 0 radical (unpaired) electrons. The number of sulfonamides is 1. The molecule has 108 valence electrons. The molecule has 0 amide bonds. The van der Waals surface area contributed by atoms with Gasteiger partial charge in [0.2, 0.25) is 0 Å². The number of nitrogens with zero attached hydrogens (tertiary/aromatic N) is 1. The standard InChI is InChI=1S/C13H9ClFN3O2S/c14-11-3-1-9(17)6-13(11)18-21(19,20)10-2-4-12(15)8(5-10)7-16/h1-6,18H,17H2. The molecule has 2 aromatic carbocycles. The molecule has 0 saturated carbocycles. The van der Waals surface area contributed by atoms with Crippen LogP contribution in [0.2, 0.25) is 5.02 Å². The van der Waals surface area contributed by atoms with Crippen molar-refractivity contribution < 1.29 is 12.8 Å². The van der Waals surface area contributed by atoms with Crippen molar-refractivity contribution in [2.24, 2.45) is 0 Å². The van der Waals surface area contributed by atoms with E-state index in [0.29, 0.717) is 5.69 Å². The van der Waals surface area contributed by atoms with Crippen LogP contribution < -0.4 is 10.5 Å². The van der Waals surface area contributed by atoms with Crippen molar-refractivity contribution in [3.63, 3.8) is 0 Å². The quantitative estimate of drug-likeness (QED) is 0.848. The van der Waals surface area contributed by atoms with Gasteiger partial charge in [0.05, 0.1) is 21.2 Å². The number of hydrogen-bond acceptors (Lipinski definition) is 4. The summed E-state index contributed by atoms with van der Waals surface area (Å²) >= 11 is 5.88. The third kappa shape index (κ3) is 3.24. The van der Waals surface area contributed by atoms with Crippen LogP contribution in [0.4, 0.5) is 15.8 Å². The second-order valence-corrected chi connectivity index (χ2v) is 6.19. The van der Waals surface area contributed by atoms with Gasteiger partial charge in [-0.25, -0.2) is 12.8 Å². The van der Waals surface area contributed by atoms with Crippen molar-refractivity contribution in [2.45, 2.75) is 4.90 Å². The van der Waals surface area contributed by atoms with E-state index >= 15 is 0 Å². The van der Waals surface area contributed by atoms with Crippen molar-refractivity contribution in [3.8, 4) is 6.07 Å². The van der Waals surface area contributed by atoms with E-state index in [1.165, 1.54) is 18.2 Å². The van der Waals surface area contributed by atoms with E-state index in [0.717, 1.165) is 18.2 Å². The second-order valence-electron chi connectivity index (χ2n) is 4.10. The number of nitrogens with one attached hydrogen (secondary N) is 1. The van der Waals surface area contributed by atoms with Crippen molar-refractivity contribution in [1.29, 1.82) is 5.26 Å². The van der Waals surface area contributed by atoms with Gasteiger partial charge in [0.25, 0.3) is 10.0 Å². The Bertz CT molecular complexity index is 847. The molecule has 0 aliphatic carbocycles. The minimum absolute atomic E-state index is 0.0968. The molecule has 2 rings (SSSR count). The number of nitrogens with two attached hydrogens (primary N) is 1. The lowest BCUT2D eigenvalue weighted by Gasteiger charge is -2.10. The van der Waals surface area contributed by atoms with Crippen molar-refractivity contribution in [2.75, 3.05) is 10.5 Å². The molecule has 0 aliphatic heterocycles. The number of benzene rings is 2. The van der Waals surface area contributed by atoms with E-state index in [9.17, 15) is 12.8 Å². The first-order chi connectivity index (χ1) is 9.83. The maximum atomic E-state index is 13.2. The zero-order chi connectivity index (χ0) is 15.6. The summed E-state index contributed by atoms with van der Waals surface area (Å²) in [6.07, 6.45) is 0. The Hall–Kier alpha value is -2.30. The lowest BCUT2D eigenvalue weighted by atomic mass is 10.2. The smallest absolute Gasteiger partial charge is 0.261 e. The highest BCUT2D eigenvalue weighted by atomic mass is 35.5. The summed E-state index contributed by atoms with van der Waals surface area (Å²) in [6, 6.07) is 8.81. The summed E-state index contributed by atoms with van der Waals surface area (Å²) in [5.74, 6) is -0.793. The first-order valence-corrected chi connectivity index (χ1v) is 7.47. The molecule has 5 nitrogen and oxygen atoms in total. The fourth-order valence-electron chi connectivity index (χ4n) is 1.58. The van der Waals surface area contributed by atoms with Gasteiger partial charge in [0.1, 0.15) is 11.9 Å². The van der Waals surface area contributed by atoms with E-state index in [1.54, 1.807) is 6.07 Å². The SMILES string of the molecule is N#Cc1cc(S(=O)(=O)Nc2cc(N)ccc2Cl)ccc1F. The third-order valence-corrected chi connectivity index (χ3v) is 4.30. The molecule has 0 bridgehead atoms. The monoisotopic (exact) mass is 325 g/mol. The van der Waals surface area contributed by atoms with E-state index in [-0.39, 0.29) is 21.2 Å². The average Bonchev–Trinajstić information content (AvgIpc) is 2.43. The van der Waals surface area contributed by atoms with Crippen LogP contribution in [-0.4, -0.2) is 8.42 Å². The lowest BCUT2D eigenvalue weighted by molar-refractivity contribution is 0.599. The zero-order valence-corrected chi connectivity index (χ0v) is 12.0. The summed E-state index contributed by atoms with van der Waals surface area (Å²) in [5.41, 5.74) is 5.62. The molecule has 0 heterocycles. The van der Waals surface area contributed by atoms with Crippen LogP contribution >= 0.6 is 11.6 Å². The van der Waals surface area contributed by atoms with E-state index < -0.39 is 15.8 Å². The zero-order valence-electron chi connectivity index (χ0n) is 10.5. The highest BCUT2D eigenvalue weighted by Gasteiger charge is 2.18. The largest absolute Gasteiger partial charge is 0.399 e. The van der Waals surface area contributed by atoms with Gasteiger partial charge in [-0.05, 0) is 36.4 Å². The minimum Gasteiger partial charge on any atom is -0.399 e. The van der Waals surface area contributed by atoms with E-state index in [2.05, 4.69) is 4.72 Å². The predicted octanol–water partition coefficient (Wildman–Crippen LogP) is 2.73. The number of halogens is 2. The summed E-state index contributed by atoms with van der Waals surface area (Å²) in [7, 11) is -4.01. The van der Waals surface area contributed by atoms with Gasteiger partial charge in [-0.3, -0.25) is 4.72 Å². The van der Waals surface area contributed by atoms with Gasteiger partial charge in [0, 0.05) is 5.69 Å². The molecule has 2 aromatic rings. The summed E-state index contributed by atoms with van der Waals surface area (Å²) in [5, 5.41) is 8.90. The topological polar surface area (TPSA) is 96.0 Å². The van der Waals surface area contributed by atoms with Crippen LogP contribution in [0, 0.1) is 17.1 Å². The molecular formula is C13H9ClFN3O2S. The number of nitriles is 1. The summed E-state index contributed by atoms with van der Waals surface area (Å²) < 4.78 is 39.9. The van der Waals surface area contributed by atoms with Crippen LogP contribution in [0.25, 0.3) is 0 Å². The summed E-state index contributed by atoms with van der Waals surface area (Å²) in [4.78, 5) is -0.251. The van der Waals surface area contributed by atoms with Crippen LogP contribution in [0.1, 0.15) is 5.56 Å². The van der Waals surface area contributed by atoms with Gasteiger partial charge >= 0.3 is 0 Å². The number of hydrogen-bond donors (Lipinski definition) is 2. The number of rotatable bonds is 3. The molecule has 8 heteroatoms. The average molecular weight is 326 g/mol. The predicted molar refractivity (Wildman–Crippen MR) is 77.8 cm³/mol. The molecule has 0 unspecified atom stereocenters. The molecule has 0 saturated heterocycles. The Morgan fingerprint density at radius 2 is 1.95 bits per heavy atom. The first kappa shape index (κ1) is 15.1. The van der Waals surface area contributed by atoms with Crippen LogP contribution in [0.3, 0.4) is 0 Å². The van der Waals surface area contributed by atoms with Gasteiger partial charge < -0.3 is 5.73 Å². The summed E-state index contributed by atoms with van der Waals surface area (Å²) in [6.45, 7) is 0.